The van der Waals surface area contributed by atoms with E-state index >= 15 is 0 Å². The molecule has 2 amide bonds. The molecule has 8 heteroatoms. The van der Waals surface area contributed by atoms with E-state index in [9.17, 15) is 9.59 Å². The minimum absolute atomic E-state index is 0.450. The van der Waals surface area contributed by atoms with Gasteiger partial charge in [-0.15, -0.1) is 0 Å². The van der Waals surface area contributed by atoms with E-state index in [2.05, 4.69) is 21.2 Å². The van der Waals surface area contributed by atoms with Gasteiger partial charge in [0.25, 0.3) is 0 Å². The molecule has 1 saturated heterocycles. The van der Waals surface area contributed by atoms with Crippen molar-refractivity contribution in [1.29, 1.82) is 0 Å². The molecule has 36 heavy (non-hydrogen) atoms. The van der Waals surface area contributed by atoms with Crippen LogP contribution < -0.4 is 25.4 Å². The third-order valence-corrected chi connectivity index (χ3v) is 6.26. The molecular weight excluding hydrogens is 456 g/mol. The van der Waals surface area contributed by atoms with Crippen LogP contribution in [0.1, 0.15) is 16.8 Å². The molecule has 0 bridgehead atoms. The molecule has 3 aromatic carbocycles. The number of methoxy groups -OCH3 is 1. The Morgan fingerprint density at radius 2 is 1.67 bits per heavy atom. The number of carbonyl (C=O) groups excluding carboxylic acids is 2. The number of amides is 2. The summed E-state index contributed by atoms with van der Waals surface area (Å²) in [7, 11) is 1.70. The van der Waals surface area contributed by atoms with Gasteiger partial charge in [0.1, 0.15) is 11.5 Å². The molecule has 0 spiro atoms. The fraction of sp³-hybridized carbons (Fsp3) is 0.286. The number of carbonyl (C=O) groups is 2. The summed E-state index contributed by atoms with van der Waals surface area (Å²) in [5.41, 5.74) is 8.71. The molecule has 0 radical (unpaired) electrons. The normalized spacial score (nSPS) is 13.8. The van der Waals surface area contributed by atoms with Crippen molar-refractivity contribution in [2.45, 2.75) is 6.42 Å². The van der Waals surface area contributed by atoms with Crippen molar-refractivity contribution in [3.8, 4) is 22.6 Å². The van der Waals surface area contributed by atoms with E-state index in [1.807, 2.05) is 36.4 Å². The molecule has 0 aromatic heterocycles. The number of nitrogens with one attached hydrogen (secondary N) is 1. The van der Waals surface area contributed by atoms with Crippen LogP contribution in [0.15, 0.2) is 72.8 Å². The molecule has 1 heterocycles. The van der Waals surface area contributed by atoms with E-state index < -0.39 is 12.0 Å². The van der Waals surface area contributed by atoms with E-state index in [0.29, 0.717) is 17.9 Å². The van der Waals surface area contributed by atoms with E-state index in [-0.39, 0.29) is 0 Å². The van der Waals surface area contributed by atoms with Crippen LogP contribution in [0.3, 0.4) is 0 Å². The highest BCUT2D eigenvalue weighted by atomic mass is 16.6. The Morgan fingerprint density at radius 1 is 0.917 bits per heavy atom. The topological polar surface area (TPSA) is 97.1 Å². The summed E-state index contributed by atoms with van der Waals surface area (Å²) in [6, 6.07) is 22.3. The molecule has 1 aliphatic rings. The maximum Gasteiger partial charge on any atom is 0.412 e. The zero-order valence-corrected chi connectivity index (χ0v) is 20.5. The Bertz CT molecular complexity index is 1170. The summed E-state index contributed by atoms with van der Waals surface area (Å²) in [6.45, 7) is 5.29. The average Bonchev–Trinajstić information content (AvgIpc) is 2.92. The molecule has 3 N–H and O–H groups in total. The van der Waals surface area contributed by atoms with Gasteiger partial charge in [-0.05, 0) is 60.5 Å². The number of para-hydroxylation sites is 2. The minimum Gasteiger partial charge on any atom is -0.495 e. The lowest BCUT2D eigenvalue weighted by Crippen LogP contribution is -2.47. The summed E-state index contributed by atoms with van der Waals surface area (Å²) < 4.78 is 10.9. The van der Waals surface area contributed by atoms with Gasteiger partial charge in [0.2, 0.25) is 5.91 Å². The van der Waals surface area contributed by atoms with Crippen LogP contribution in [0.5, 0.6) is 11.5 Å². The van der Waals surface area contributed by atoms with Crippen molar-refractivity contribution >= 4 is 17.7 Å². The Kier molecular flexibility index (Phi) is 8.41. The number of anilines is 1. The highest BCUT2D eigenvalue weighted by Crippen LogP contribution is 2.28. The molecule has 188 valence electrons. The number of nitrogens with zero attached hydrogens (tertiary/aromatic N) is 2. The quantitative estimate of drug-likeness (QED) is 0.445. The fourth-order valence-corrected chi connectivity index (χ4v) is 4.31. The maximum atomic E-state index is 12.2. The number of hydrogen-bond donors (Lipinski definition) is 2. The second-order valence-corrected chi connectivity index (χ2v) is 8.64. The van der Waals surface area contributed by atoms with Crippen LogP contribution in [0.25, 0.3) is 11.1 Å². The number of primary amides is 1. The lowest BCUT2D eigenvalue weighted by atomic mass is 10.0. The highest BCUT2D eigenvalue weighted by Gasteiger charge is 2.19. The first-order valence-corrected chi connectivity index (χ1v) is 12.1. The van der Waals surface area contributed by atoms with Crippen LogP contribution in [0.4, 0.5) is 10.5 Å². The third-order valence-electron chi connectivity index (χ3n) is 6.26. The Labute approximate surface area is 211 Å². The minimum atomic E-state index is -0.473. The zero-order valence-electron chi connectivity index (χ0n) is 20.5. The molecule has 1 fully saturated rings. The van der Waals surface area contributed by atoms with Gasteiger partial charge in [-0.3, -0.25) is 9.69 Å². The van der Waals surface area contributed by atoms with Crippen molar-refractivity contribution in [2.24, 2.45) is 5.73 Å². The van der Waals surface area contributed by atoms with Crippen molar-refractivity contribution in [1.82, 2.24) is 10.2 Å². The molecule has 0 unspecified atom stereocenters. The van der Waals surface area contributed by atoms with Crippen LogP contribution in [0.2, 0.25) is 0 Å². The molecule has 3 aromatic rings. The van der Waals surface area contributed by atoms with Gasteiger partial charge in [0, 0.05) is 38.3 Å². The monoisotopic (exact) mass is 488 g/mol. The lowest BCUT2D eigenvalue weighted by Gasteiger charge is -2.36. The molecular formula is C28H32N4O4. The van der Waals surface area contributed by atoms with Crippen molar-refractivity contribution in [3.63, 3.8) is 0 Å². The van der Waals surface area contributed by atoms with E-state index in [4.69, 9.17) is 15.2 Å². The van der Waals surface area contributed by atoms with E-state index in [1.165, 1.54) is 0 Å². The number of ether oxygens (including phenoxy) is 2. The largest absolute Gasteiger partial charge is 0.495 e. The van der Waals surface area contributed by atoms with E-state index in [0.717, 1.165) is 61.7 Å². The number of nitrogens with two attached hydrogens (primary N) is 1. The fourth-order valence-electron chi connectivity index (χ4n) is 4.31. The van der Waals surface area contributed by atoms with Crippen LogP contribution in [-0.4, -0.2) is 63.3 Å². The second-order valence-electron chi connectivity index (χ2n) is 8.64. The molecule has 1 aliphatic heterocycles. The van der Waals surface area contributed by atoms with Gasteiger partial charge in [0.05, 0.1) is 12.8 Å². The Morgan fingerprint density at radius 3 is 2.39 bits per heavy atom. The van der Waals surface area contributed by atoms with Gasteiger partial charge in [-0.25, -0.2) is 4.79 Å². The molecule has 4 rings (SSSR count). The third kappa shape index (κ3) is 6.55. The molecule has 0 atom stereocenters. The summed E-state index contributed by atoms with van der Waals surface area (Å²) in [5.74, 6) is 0.888. The Balaban J connectivity index is 1.16. The molecule has 8 nitrogen and oxygen atoms in total. The summed E-state index contributed by atoms with van der Waals surface area (Å²) >= 11 is 0. The van der Waals surface area contributed by atoms with Crippen LogP contribution >= 0.6 is 0 Å². The number of rotatable bonds is 9. The van der Waals surface area contributed by atoms with E-state index in [1.54, 1.807) is 37.4 Å². The molecule has 0 aliphatic carbocycles. The Hall–Kier alpha value is -4.04. The first-order chi connectivity index (χ1) is 17.5. The van der Waals surface area contributed by atoms with Crippen molar-refractivity contribution in [2.75, 3.05) is 51.3 Å². The van der Waals surface area contributed by atoms with Gasteiger partial charge in [-0.1, -0.05) is 36.4 Å². The first kappa shape index (κ1) is 25.1. The van der Waals surface area contributed by atoms with Crippen LogP contribution in [-0.2, 0) is 0 Å². The van der Waals surface area contributed by atoms with Crippen LogP contribution in [0, 0.1) is 0 Å². The first-order valence-electron chi connectivity index (χ1n) is 12.1. The van der Waals surface area contributed by atoms with Crippen molar-refractivity contribution in [3.05, 3.63) is 78.4 Å². The zero-order chi connectivity index (χ0) is 25.3. The smallest absolute Gasteiger partial charge is 0.412 e. The van der Waals surface area contributed by atoms with Gasteiger partial charge >= 0.3 is 6.09 Å². The average molecular weight is 489 g/mol. The summed E-state index contributed by atoms with van der Waals surface area (Å²) in [6.07, 6.45) is 0.373. The molecule has 0 saturated carbocycles. The van der Waals surface area contributed by atoms with Crippen molar-refractivity contribution < 1.29 is 19.1 Å². The predicted molar refractivity (Wildman–Crippen MR) is 141 cm³/mol. The van der Waals surface area contributed by atoms with Gasteiger partial charge in [-0.2, -0.15) is 0 Å². The number of piperazine rings is 1. The summed E-state index contributed by atoms with van der Waals surface area (Å²) in [4.78, 5) is 28.3. The van der Waals surface area contributed by atoms with Gasteiger partial charge < -0.3 is 25.4 Å². The van der Waals surface area contributed by atoms with Gasteiger partial charge in [0.15, 0.2) is 0 Å². The number of benzene rings is 3. The SMILES string of the molecule is COc1ccccc1N1CCN(CCCNC(=O)Oc2ccc(-c3cccc(C(N)=O)c3)cc2)CC1. The maximum absolute atomic E-state index is 12.2. The highest BCUT2D eigenvalue weighted by molar-refractivity contribution is 5.94. The second kappa shape index (κ2) is 12.1. The standard InChI is InChI=1S/C28H32N4O4/c1-35-26-9-3-2-8-25(26)32-18-16-31(17-19-32)15-5-14-30-28(34)36-24-12-10-21(11-13-24)22-6-4-7-23(20-22)27(29)33/h2-4,6-13,20H,5,14-19H2,1H3,(H2,29,33)(H,30,34). The lowest BCUT2D eigenvalue weighted by molar-refractivity contribution is 0.1000. The predicted octanol–water partition coefficient (Wildman–Crippen LogP) is 3.76. The summed E-state index contributed by atoms with van der Waals surface area (Å²) in [5, 5.41) is 2.82. The number of hydrogen-bond acceptors (Lipinski definition) is 6.